The second-order valence-corrected chi connectivity index (χ2v) is 5.29. The Morgan fingerprint density at radius 3 is 2.31 bits per heavy atom. The lowest BCUT2D eigenvalue weighted by atomic mass is 9.93. The van der Waals surface area contributed by atoms with E-state index in [0.717, 1.165) is 19.3 Å². The van der Waals surface area contributed by atoms with Gasteiger partial charge in [0.15, 0.2) is 0 Å². The lowest BCUT2D eigenvalue weighted by Crippen LogP contribution is -2.55. The quantitative estimate of drug-likeness (QED) is 0.801. The maximum absolute atomic E-state index is 12.3. The Morgan fingerprint density at radius 1 is 1.38 bits per heavy atom. The van der Waals surface area contributed by atoms with Gasteiger partial charge in [-0.25, -0.2) is 0 Å². The smallest absolute Gasteiger partial charge is 0.240 e. The molecule has 1 rings (SSSR count). The topological polar surface area (TPSA) is 46.3 Å². The summed E-state index contributed by atoms with van der Waals surface area (Å²) < 4.78 is 0. The van der Waals surface area contributed by atoms with Crippen molar-refractivity contribution in [3.63, 3.8) is 0 Å². The van der Waals surface area contributed by atoms with Crippen LogP contribution >= 0.6 is 0 Å². The van der Waals surface area contributed by atoms with E-state index < -0.39 is 0 Å². The van der Waals surface area contributed by atoms with Crippen LogP contribution < -0.4 is 5.73 Å². The van der Waals surface area contributed by atoms with Crippen molar-refractivity contribution in [2.24, 2.45) is 11.7 Å². The van der Waals surface area contributed by atoms with Gasteiger partial charge in [-0.3, -0.25) is 4.79 Å². The fourth-order valence-electron chi connectivity index (χ4n) is 2.53. The van der Waals surface area contributed by atoms with E-state index in [2.05, 4.69) is 27.7 Å². The number of likely N-dealkylation sites (tertiary alicyclic amines) is 1. The van der Waals surface area contributed by atoms with Gasteiger partial charge in [0.1, 0.15) is 0 Å². The summed E-state index contributed by atoms with van der Waals surface area (Å²) in [6.45, 7) is 8.41. The number of nitrogens with zero attached hydrogens (tertiary/aromatic N) is 1. The van der Waals surface area contributed by atoms with Gasteiger partial charge in [-0.1, -0.05) is 20.3 Å². The number of hydrogen-bond acceptors (Lipinski definition) is 2. The highest BCUT2D eigenvalue weighted by Gasteiger charge is 2.33. The van der Waals surface area contributed by atoms with Crippen LogP contribution in [0.5, 0.6) is 0 Å². The predicted molar refractivity (Wildman–Crippen MR) is 67.1 cm³/mol. The number of nitrogens with two attached hydrogens (primary N) is 1. The minimum atomic E-state index is -0.326. The Kier molecular flexibility index (Phi) is 4.78. The number of piperidine rings is 1. The summed E-state index contributed by atoms with van der Waals surface area (Å²) in [5.74, 6) is 0.419. The molecule has 4 atom stereocenters. The molecule has 0 radical (unpaired) electrons. The molecule has 2 N–H and O–H groups in total. The molecule has 2 unspecified atom stereocenters. The number of rotatable bonds is 3. The van der Waals surface area contributed by atoms with Gasteiger partial charge in [-0.15, -0.1) is 0 Å². The Bertz CT molecular complexity index is 232. The van der Waals surface area contributed by atoms with Crippen molar-refractivity contribution in [1.29, 1.82) is 0 Å². The van der Waals surface area contributed by atoms with E-state index in [9.17, 15) is 4.79 Å². The van der Waals surface area contributed by atoms with Crippen LogP contribution in [0.15, 0.2) is 0 Å². The Morgan fingerprint density at radius 2 is 1.88 bits per heavy atom. The summed E-state index contributed by atoms with van der Waals surface area (Å²) in [6, 6.07) is 0.380. The third kappa shape index (κ3) is 2.76. The number of carbonyl (C=O) groups is 1. The van der Waals surface area contributed by atoms with Crippen LogP contribution in [0.2, 0.25) is 0 Å². The molecule has 0 aromatic heterocycles. The second kappa shape index (κ2) is 5.67. The number of amides is 1. The van der Waals surface area contributed by atoms with E-state index in [4.69, 9.17) is 5.73 Å². The third-order valence-electron chi connectivity index (χ3n) is 3.99. The van der Waals surface area contributed by atoms with E-state index >= 15 is 0 Å². The van der Waals surface area contributed by atoms with E-state index in [1.807, 2.05) is 4.90 Å². The van der Waals surface area contributed by atoms with Crippen molar-refractivity contribution in [3.8, 4) is 0 Å². The molecule has 0 aromatic carbocycles. The van der Waals surface area contributed by atoms with Crippen molar-refractivity contribution in [3.05, 3.63) is 0 Å². The van der Waals surface area contributed by atoms with Gasteiger partial charge in [-0.05, 0) is 39.0 Å². The zero-order valence-corrected chi connectivity index (χ0v) is 11.1. The van der Waals surface area contributed by atoms with Gasteiger partial charge < -0.3 is 10.6 Å². The molecule has 0 aliphatic carbocycles. The molecule has 0 saturated carbocycles. The zero-order valence-electron chi connectivity index (χ0n) is 11.1. The van der Waals surface area contributed by atoms with Gasteiger partial charge in [0.05, 0.1) is 6.04 Å². The number of hydrogen-bond donors (Lipinski definition) is 1. The first-order valence-electron chi connectivity index (χ1n) is 6.56. The molecule has 94 valence electrons. The highest BCUT2D eigenvalue weighted by molar-refractivity contribution is 5.82. The fraction of sp³-hybridized carbons (Fsp3) is 0.923. The molecule has 0 bridgehead atoms. The van der Waals surface area contributed by atoms with E-state index in [0.29, 0.717) is 12.1 Å². The Balaban J connectivity index is 2.70. The molecule has 1 aliphatic rings. The average Bonchev–Trinajstić information content (AvgIpc) is 2.26. The van der Waals surface area contributed by atoms with Crippen LogP contribution in [-0.2, 0) is 4.79 Å². The zero-order chi connectivity index (χ0) is 12.3. The second-order valence-electron chi connectivity index (χ2n) is 5.29. The average molecular weight is 226 g/mol. The molecule has 1 fully saturated rings. The highest BCUT2D eigenvalue weighted by atomic mass is 16.2. The molecule has 3 nitrogen and oxygen atoms in total. The summed E-state index contributed by atoms with van der Waals surface area (Å²) in [5, 5.41) is 0. The van der Waals surface area contributed by atoms with E-state index in [1.54, 1.807) is 0 Å². The lowest BCUT2D eigenvalue weighted by molar-refractivity contribution is -0.139. The molecule has 16 heavy (non-hydrogen) atoms. The molecule has 1 saturated heterocycles. The van der Waals surface area contributed by atoms with Crippen molar-refractivity contribution in [2.75, 3.05) is 0 Å². The maximum Gasteiger partial charge on any atom is 0.240 e. The first-order chi connectivity index (χ1) is 7.49. The molecular formula is C13H26N2O. The third-order valence-corrected chi connectivity index (χ3v) is 3.99. The summed E-state index contributed by atoms with van der Waals surface area (Å²) in [5.41, 5.74) is 6.04. The first kappa shape index (κ1) is 13.5. The molecule has 0 aromatic rings. The van der Waals surface area contributed by atoms with Gasteiger partial charge in [0.25, 0.3) is 0 Å². The standard InChI is InChI=1S/C13H26N2O/c1-5-9(2)12(14)13(16)15-10(3)7-6-8-11(15)4/h9-12H,5-8,14H2,1-4H3/t9-,10?,11?,12-/m0/s1. The van der Waals surface area contributed by atoms with E-state index in [1.165, 1.54) is 6.42 Å². The normalized spacial score (nSPS) is 29.9. The summed E-state index contributed by atoms with van der Waals surface area (Å²) >= 11 is 0. The Labute approximate surface area is 99.4 Å². The van der Waals surface area contributed by atoms with Crippen LogP contribution in [0, 0.1) is 5.92 Å². The van der Waals surface area contributed by atoms with Gasteiger partial charge in [0, 0.05) is 12.1 Å². The fourth-order valence-corrected chi connectivity index (χ4v) is 2.53. The van der Waals surface area contributed by atoms with Gasteiger partial charge in [-0.2, -0.15) is 0 Å². The molecule has 3 heteroatoms. The molecular weight excluding hydrogens is 200 g/mol. The maximum atomic E-state index is 12.3. The number of carbonyl (C=O) groups excluding carboxylic acids is 1. The van der Waals surface area contributed by atoms with Crippen molar-refractivity contribution in [1.82, 2.24) is 4.90 Å². The van der Waals surface area contributed by atoms with Crippen LogP contribution in [0.4, 0.5) is 0 Å². The van der Waals surface area contributed by atoms with Gasteiger partial charge in [0.2, 0.25) is 5.91 Å². The molecule has 1 heterocycles. The molecule has 0 spiro atoms. The largest absolute Gasteiger partial charge is 0.336 e. The first-order valence-corrected chi connectivity index (χ1v) is 6.56. The minimum absolute atomic E-state index is 0.147. The summed E-state index contributed by atoms with van der Waals surface area (Å²) in [7, 11) is 0. The monoisotopic (exact) mass is 226 g/mol. The Hall–Kier alpha value is -0.570. The summed E-state index contributed by atoms with van der Waals surface area (Å²) in [4.78, 5) is 14.3. The van der Waals surface area contributed by atoms with Crippen molar-refractivity contribution in [2.45, 2.75) is 71.5 Å². The molecule has 1 aliphatic heterocycles. The van der Waals surface area contributed by atoms with Crippen LogP contribution in [0.1, 0.15) is 53.4 Å². The highest BCUT2D eigenvalue weighted by Crippen LogP contribution is 2.24. The molecule has 1 amide bonds. The van der Waals surface area contributed by atoms with Crippen LogP contribution in [0.3, 0.4) is 0 Å². The van der Waals surface area contributed by atoms with Crippen LogP contribution in [0.25, 0.3) is 0 Å². The minimum Gasteiger partial charge on any atom is -0.336 e. The SMILES string of the molecule is CC[C@H](C)[C@H](N)C(=O)N1C(C)CCCC1C. The van der Waals surface area contributed by atoms with Crippen LogP contribution in [-0.4, -0.2) is 28.9 Å². The van der Waals surface area contributed by atoms with Crippen molar-refractivity contribution >= 4 is 5.91 Å². The van der Waals surface area contributed by atoms with Gasteiger partial charge >= 0.3 is 0 Å². The summed E-state index contributed by atoms with van der Waals surface area (Å²) in [6.07, 6.45) is 4.42. The predicted octanol–water partition coefficient (Wildman–Crippen LogP) is 2.15. The van der Waals surface area contributed by atoms with E-state index in [-0.39, 0.29) is 17.9 Å². The van der Waals surface area contributed by atoms with Crippen molar-refractivity contribution < 1.29 is 4.79 Å². The lowest BCUT2D eigenvalue weighted by Gasteiger charge is -2.41.